The van der Waals surface area contributed by atoms with Crippen molar-refractivity contribution < 1.29 is 19.8 Å². The molecule has 0 radical (unpaired) electrons. The standard InChI is InChI=1S/C18H32O2.C4H12NO/c1-2-3-4-5-6-7-8-9-10-11-12-13-14-15-16-17-18(19)20;1-4-5(2,3)6/h6-7,9-10H,2-5,8,11-17H2,1H3,(H,19,20);6H,4H2,1-3H3/q;+1/p-1/b7-6-,10-9-;. The van der Waals surface area contributed by atoms with Crippen LogP contribution in [0.1, 0.15) is 90.9 Å². The predicted molar refractivity (Wildman–Crippen MR) is 109 cm³/mol. The number of carbonyl (C=O) groups excluding carboxylic acids is 1. The van der Waals surface area contributed by atoms with Gasteiger partial charge in [-0.15, -0.1) is 0 Å². The van der Waals surface area contributed by atoms with Gasteiger partial charge in [-0.3, -0.25) is 0 Å². The van der Waals surface area contributed by atoms with Gasteiger partial charge in [-0.05, 0) is 51.9 Å². The minimum absolute atomic E-state index is 0.0694. The number of hydrogen-bond donors (Lipinski definition) is 1. The SMILES string of the molecule is CCCCC/C=C\C/C=C\CCCCCCCC(=O)[O-].CC[N+](C)(C)O. The van der Waals surface area contributed by atoms with Crippen LogP contribution < -0.4 is 5.11 Å². The first-order valence-electron chi connectivity index (χ1n) is 10.4. The van der Waals surface area contributed by atoms with Crippen molar-refractivity contribution >= 4 is 5.97 Å². The molecule has 26 heavy (non-hydrogen) atoms. The van der Waals surface area contributed by atoms with Gasteiger partial charge in [0.05, 0.1) is 14.1 Å². The molecule has 0 rings (SSSR count). The topological polar surface area (TPSA) is 60.4 Å². The van der Waals surface area contributed by atoms with Crippen molar-refractivity contribution in [1.82, 2.24) is 0 Å². The first-order valence-corrected chi connectivity index (χ1v) is 10.4. The fourth-order valence-electron chi connectivity index (χ4n) is 2.08. The van der Waals surface area contributed by atoms with Gasteiger partial charge >= 0.3 is 0 Å². The smallest absolute Gasteiger partial charge is 0.105 e. The number of hydroxylamine groups is 3. The summed E-state index contributed by atoms with van der Waals surface area (Å²) in [6.07, 6.45) is 21.9. The van der Waals surface area contributed by atoms with Crippen molar-refractivity contribution in [2.75, 3.05) is 20.6 Å². The quantitative estimate of drug-likeness (QED) is 0.191. The molecule has 0 heterocycles. The van der Waals surface area contributed by atoms with E-state index in [1.807, 2.05) is 6.92 Å². The normalized spacial score (nSPS) is 11.7. The summed E-state index contributed by atoms with van der Waals surface area (Å²) in [6.45, 7) is 4.93. The zero-order valence-corrected chi connectivity index (χ0v) is 17.7. The number of allylic oxidation sites excluding steroid dienone is 4. The fourth-order valence-corrected chi connectivity index (χ4v) is 2.08. The molecular weight excluding hydrogens is 326 g/mol. The first kappa shape index (κ1) is 27.1. The third-order valence-electron chi connectivity index (χ3n) is 4.11. The van der Waals surface area contributed by atoms with Crippen LogP contribution in [0.25, 0.3) is 0 Å². The van der Waals surface area contributed by atoms with E-state index in [4.69, 9.17) is 5.21 Å². The van der Waals surface area contributed by atoms with Crippen molar-refractivity contribution in [3.8, 4) is 0 Å². The molecular formula is C22H43NO3. The Morgan fingerprint density at radius 2 is 1.31 bits per heavy atom. The summed E-state index contributed by atoms with van der Waals surface area (Å²) in [4.78, 5) is 10.2. The molecule has 0 fully saturated rings. The Morgan fingerprint density at radius 3 is 1.77 bits per heavy atom. The van der Waals surface area contributed by atoms with Gasteiger partial charge in [0.15, 0.2) is 0 Å². The van der Waals surface area contributed by atoms with E-state index in [9.17, 15) is 9.90 Å². The lowest BCUT2D eigenvalue weighted by molar-refractivity contribution is -1.07. The lowest BCUT2D eigenvalue weighted by atomic mass is 10.1. The highest BCUT2D eigenvalue weighted by molar-refractivity contribution is 5.63. The third-order valence-corrected chi connectivity index (χ3v) is 4.11. The molecule has 4 nitrogen and oxygen atoms in total. The van der Waals surface area contributed by atoms with Gasteiger partial charge in [0.2, 0.25) is 0 Å². The number of rotatable bonds is 15. The van der Waals surface area contributed by atoms with Gasteiger partial charge < -0.3 is 9.90 Å². The molecule has 0 aliphatic carbocycles. The van der Waals surface area contributed by atoms with E-state index in [-0.39, 0.29) is 11.1 Å². The average molecular weight is 370 g/mol. The maximum absolute atomic E-state index is 10.2. The van der Waals surface area contributed by atoms with Crippen LogP contribution in [0.5, 0.6) is 0 Å². The highest BCUT2D eigenvalue weighted by Crippen LogP contribution is 2.07. The zero-order valence-electron chi connectivity index (χ0n) is 17.7. The summed E-state index contributed by atoms with van der Waals surface area (Å²) in [5, 5.41) is 19.0. The Hall–Kier alpha value is -1.13. The monoisotopic (exact) mass is 369 g/mol. The van der Waals surface area contributed by atoms with Crippen molar-refractivity contribution in [2.45, 2.75) is 90.9 Å². The Bertz CT molecular complexity index is 357. The molecule has 154 valence electrons. The molecule has 0 aromatic heterocycles. The fraction of sp³-hybridized carbons (Fsp3) is 0.773. The second kappa shape index (κ2) is 20.2. The summed E-state index contributed by atoms with van der Waals surface area (Å²) in [6, 6.07) is 0. The molecule has 0 bridgehead atoms. The molecule has 0 atom stereocenters. The molecule has 0 aromatic carbocycles. The molecule has 0 amide bonds. The van der Waals surface area contributed by atoms with Gasteiger partial charge in [-0.25, -0.2) is 5.21 Å². The van der Waals surface area contributed by atoms with E-state index in [0.717, 1.165) is 38.6 Å². The van der Waals surface area contributed by atoms with Gasteiger partial charge in [-0.2, -0.15) is 4.65 Å². The molecule has 0 aromatic rings. The second-order valence-electron chi connectivity index (χ2n) is 7.29. The number of aliphatic carboxylic acids is 1. The molecule has 0 saturated carbocycles. The van der Waals surface area contributed by atoms with Crippen LogP contribution in [0.4, 0.5) is 0 Å². The summed E-state index contributed by atoms with van der Waals surface area (Å²) in [5.74, 6) is -0.921. The molecule has 0 saturated heterocycles. The Morgan fingerprint density at radius 1 is 0.846 bits per heavy atom. The number of carbonyl (C=O) groups is 1. The number of hydrogen-bond acceptors (Lipinski definition) is 3. The summed E-state index contributed by atoms with van der Waals surface area (Å²) in [5.41, 5.74) is 0. The second-order valence-corrected chi connectivity index (χ2v) is 7.29. The van der Waals surface area contributed by atoms with Crippen LogP contribution in [-0.2, 0) is 4.79 Å². The van der Waals surface area contributed by atoms with Crippen LogP contribution in [0.15, 0.2) is 24.3 Å². The Kier molecular flexibility index (Phi) is 21.0. The number of quaternary nitrogens is 1. The minimum Gasteiger partial charge on any atom is -0.550 e. The Balaban J connectivity index is 0. The largest absolute Gasteiger partial charge is 0.550 e. The molecule has 0 aliphatic heterocycles. The highest BCUT2D eigenvalue weighted by Gasteiger charge is 2.02. The number of carboxylic acid groups (broad SMARTS) is 1. The van der Waals surface area contributed by atoms with Crippen molar-refractivity contribution in [3.05, 3.63) is 24.3 Å². The average Bonchev–Trinajstić information content (AvgIpc) is 2.58. The van der Waals surface area contributed by atoms with E-state index in [0.29, 0.717) is 0 Å². The lowest BCUT2D eigenvalue weighted by Crippen LogP contribution is -2.34. The lowest BCUT2D eigenvalue weighted by Gasteiger charge is -2.15. The van der Waals surface area contributed by atoms with Crippen molar-refractivity contribution in [1.29, 1.82) is 0 Å². The molecule has 1 N–H and O–H groups in total. The maximum Gasteiger partial charge on any atom is 0.105 e. The van der Waals surface area contributed by atoms with Gasteiger partial charge in [0, 0.05) is 5.97 Å². The van der Waals surface area contributed by atoms with Gasteiger partial charge in [0.1, 0.15) is 6.54 Å². The first-order chi connectivity index (χ1) is 12.3. The van der Waals surface area contributed by atoms with E-state index in [1.54, 1.807) is 14.1 Å². The van der Waals surface area contributed by atoms with Gasteiger partial charge in [0.25, 0.3) is 0 Å². The van der Waals surface area contributed by atoms with Crippen LogP contribution >= 0.6 is 0 Å². The minimum atomic E-state index is -0.921. The molecule has 4 heteroatoms. The van der Waals surface area contributed by atoms with Gasteiger partial charge in [-0.1, -0.05) is 63.3 Å². The van der Waals surface area contributed by atoms with Crippen LogP contribution in [-0.4, -0.2) is 36.5 Å². The van der Waals surface area contributed by atoms with Crippen LogP contribution in [0.3, 0.4) is 0 Å². The van der Waals surface area contributed by atoms with Crippen LogP contribution in [0, 0.1) is 0 Å². The number of carboxylic acids is 1. The van der Waals surface area contributed by atoms with E-state index in [2.05, 4.69) is 31.2 Å². The Labute approximate surface area is 162 Å². The molecule has 0 unspecified atom stereocenters. The summed E-state index contributed by atoms with van der Waals surface area (Å²) in [7, 11) is 3.47. The molecule has 0 aliphatic rings. The number of unbranched alkanes of at least 4 members (excludes halogenated alkanes) is 8. The maximum atomic E-state index is 10.2. The van der Waals surface area contributed by atoms with Crippen molar-refractivity contribution in [3.63, 3.8) is 0 Å². The van der Waals surface area contributed by atoms with Crippen LogP contribution in [0.2, 0.25) is 0 Å². The van der Waals surface area contributed by atoms with E-state index >= 15 is 0 Å². The number of nitrogens with zero attached hydrogens (tertiary/aromatic N) is 1. The van der Waals surface area contributed by atoms with E-state index in [1.165, 1.54) is 38.5 Å². The predicted octanol–water partition coefficient (Wildman–Crippen LogP) is 5.02. The third kappa shape index (κ3) is 30.7. The van der Waals surface area contributed by atoms with E-state index < -0.39 is 5.97 Å². The summed E-state index contributed by atoms with van der Waals surface area (Å²) < 4.78 is 0.0694. The molecule has 0 spiro atoms. The summed E-state index contributed by atoms with van der Waals surface area (Å²) >= 11 is 0. The van der Waals surface area contributed by atoms with Crippen molar-refractivity contribution in [2.24, 2.45) is 0 Å². The highest BCUT2D eigenvalue weighted by atomic mass is 16.5. The zero-order chi connectivity index (χ0) is 20.1.